The fourth-order valence-electron chi connectivity index (χ4n) is 2.41. The molecule has 0 aliphatic carbocycles. The Morgan fingerprint density at radius 3 is 2.75 bits per heavy atom. The molecule has 1 heterocycles. The van der Waals surface area contributed by atoms with Gasteiger partial charge in [-0.1, -0.05) is 23.7 Å². The summed E-state index contributed by atoms with van der Waals surface area (Å²) in [6.45, 7) is 1.87. The summed E-state index contributed by atoms with van der Waals surface area (Å²) in [4.78, 5) is 27.8. The zero-order valence-electron chi connectivity index (χ0n) is 15.1. The summed E-state index contributed by atoms with van der Waals surface area (Å²) >= 11 is 5.96. The number of esters is 1. The lowest BCUT2D eigenvalue weighted by Gasteiger charge is -2.09. The van der Waals surface area contributed by atoms with Crippen molar-refractivity contribution < 1.29 is 28.5 Å². The molecular formula is C20H16ClNO6. The molecule has 0 unspecified atom stereocenters. The first-order valence-corrected chi connectivity index (χ1v) is 8.69. The summed E-state index contributed by atoms with van der Waals surface area (Å²) in [6.07, 6.45) is 0.707. The number of benzene rings is 2. The van der Waals surface area contributed by atoms with E-state index in [0.29, 0.717) is 21.9 Å². The van der Waals surface area contributed by atoms with Gasteiger partial charge in [0.15, 0.2) is 17.2 Å². The smallest absolute Gasteiger partial charge is 0.493 e. The topological polar surface area (TPSA) is 83.4 Å². The van der Waals surface area contributed by atoms with Crippen molar-refractivity contribution in [1.82, 2.24) is 0 Å². The Bertz CT molecular complexity index is 982. The van der Waals surface area contributed by atoms with Crippen LogP contribution >= 0.6 is 11.6 Å². The van der Waals surface area contributed by atoms with Crippen LogP contribution in [0.3, 0.4) is 0 Å². The Kier molecular flexibility index (Phi) is 5.96. The predicted molar refractivity (Wildman–Crippen MR) is 103 cm³/mol. The molecule has 0 bridgehead atoms. The highest BCUT2D eigenvalue weighted by atomic mass is 35.5. The second kappa shape index (κ2) is 8.58. The summed E-state index contributed by atoms with van der Waals surface area (Å²) in [6, 6.07) is 11.6. The van der Waals surface area contributed by atoms with Crippen LogP contribution in [0.5, 0.6) is 11.5 Å². The quantitative estimate of drug-likeness (QED) is 0.423. The number of hydrogen-bond donors (Lipinski definition) is 0. The van der Waals surface area contributed by atoms with Crippen molar-refractivity contribution in [2.24, 2.45) is 4.99 Å². The number of aliphatic imine (C=N–C) groups is 1. The molecule has 0 spiro atoms. The van der Waals surface area contributed by atoms with Crippen molar-refractivity contribution in [3.63, 3.8) is 0 Å². The first kappa shape index (κ1) is 19.4. The molecule has 144 valence electrons. The highest BCUT2D eigenvalue weighted by molar-refractivity contribution is 6.31. The summed E-state index contributed by atoms with van der Waals surface area (Å²) < 4.78 is 20.3. The van der Waals surface area contributed by atoms with E-state index in [4.69, 9.17) is 30.5 Å². The van der Waals surface area contributed by atoms with Crippen LogP contribution in [0.1, 0.15) is 18.1 Å². The molecule has 0 radical (unpaired) electrons. The zero-order chi connectivity index (χ0) is 20.1. The van der Waals surface area contributed by atoms with Crippen molar-refractivity contribution >= 4 is 35.7 Å². The van der Waals surface area contributed by atoms with Crippen molar-refractivity contribution in [3.8, 4) is 11.5 Å². The van der Waals surface area contributed by atoms with Crippen LogP contribution in [-0.4, -0.2) is 31.7 Å². The Labute approximate surface area is 166 Å². The number of cyclic esters (lactones) is 1. The average molecular weight is 402 g/mol. The summed E-state index contributed by atoms with van der Waals surface area (Å²) in [5.41, 5.74) is 1.33. The SMILES string of the molecule is CCOC(=O)Oc1ccc(/C=C2/N=C(c3cccc(Cl)c3)OC2=O)cc1OC. The van der Waals surface area contributed by atoms with Crippen molar-refractivity contribution in [3.05, 3.63) is 64.3 Å². The van der Waals surface area contributed by atoms with E-state index in [1.165, 1.54) is 19.3 Å². The van der Waals surface area contributed by atoms with Crippen LogP contribution < -0.4 is 9.47 Å². The minimum Gasteiger partial charge on any atom is -0.493 e. The highest BCUT2D eigenvalue weighted by Crippen LogP contribution is 2.30. The first-order valence-electron chi connectivity index (χ1n) is 8.31. The molecule has 0 fully saturated rings. The monoisotopic (exact) mass is 401 g/mol. The molecule has 0 aromatic heterocycles. The zero-order valence-corrected chi connectivity index (χ0v) is 15.9. The van der Waals surface area contributed by atoms with Gasteiger partial charge in [0.2, 0.25) is 5.90 Å². The number of ether oxygens (including phenoxy) is 4. The minimum atomic E-state index is -0.831. The molecule has 3 rings (SSSR count). The minimum absolute atomic E-state index is 0.121. The largest absolute Gasteiger partial charge is 0.513 e. The second-order valence-electron chi connectivity index (χ2n) is 5.54. The van der Waals surface area contributed by atoms with Gasteiger partial charge >= 0.3 is 12.1 Å². The van der Waals surface area contributed by atoms with Gasteiger partial charge in [-0.25, -0.2) is 14.6 Å². The second-order valence-corrected chi connectivity index (χ2v) is 5.98. The van der Waals surface area contributed by atoms with E-state index < -0.39 is 12.1 Å². The molecule has 2 aromatic carbocycles. The van der Waals surface area contributed by atoms with E-state index in [2.05, 4.69) is 4.99 Å². The highest BCUT2D eigenvalue weighted by Gasteiger charge is 2.24. The molecule has 7 nitrogen and oxygen atoms in total. The lowest BCUT2D eigenvalue weighted by molar-refractivity contribution is -0.129. The van der Waals surface area contributed by atoms with E-state index in [-0.39, 0.29) is 24.0 Å². The predicted octanol–water partition coefficient (Wildman–Crippen LogP) is 4.23. The molecule has 0 saturated carbocycles. The molecule has 2 aromatic rings. The summed E-state index contributed by atoms with van der Waals surface area (Å²) in [5.74, 6) is 0.0850. The van der Waals surface area contributed by atoms with E-state index in [9.17, 15) is 9.59 Å². The maximum Gasteiger partial charge on any atom is 0.513 e. The van der Waals surface area contributed by atoms with Crippen LogP contribution in [0.2, 0.25) is 5.02 Å². The maximum absolute atomic E-state index is 12.1. The van der Waals surface area contributed by atoms with Gasteiger partial charge < -0.3 is 18.9 Å². The van der Waals surface area contributed by atoms with Gasteiger partial charge in [0, 0.05) is 10.6 Å². The number of rotatable bonds is 5. The lowest BCUT2D eigenvalue weighted by Crippen LogP contribution is -2.10. The Balaban J connectivity index is 1.86. The first-order chi connectivity index (χ1) is 13.5. The van der Waals surface area contributed by atoms with E-state index in [1.54, 1.807) is 43.3 Å². The van der Waals surface area contributed by atoms with Crippen LogP contribution in [0.25, 0.3) is 6.08 Å². The van der Waals surface area contributed by atoms with Crippen molar-refractivity contribution in [2.75, 3.05) is 13.7 Å². The average Bonchev–Trinajstić information content (AvgIpc) is 3.03. The van der Waals surface area contributed by atoms with Crippen molar-refractivity contribution in [1.29, 1.82) is 0 Å². The third-order valence-corrected chi connectivity index (χ3v) is 3.87. The third kappa shape index (κ3) is 4.50. The molecule has 1 aliphatic rings. The van der Waals surface area contributed by atoms with Gasteiger partial charge in [-0.3, -0.25) is 0 Å². The van der Waals surface area contributed by atoms with E-state index in [1.807, 2.05) is 0 Å². The maximum atomic E-state index is 12.1. The molecule has 0 N–H and O–H groups in total. The van der Waals surface area contributed by atoms with Gasteiger partial charge in [-0.2, -0.15) is 0 Å². The molecule has 1 aliphatic heterocycles. The van der Waals surface area contributed by atoms with Crippen LogP contribution in [0.4, 0.5) is 4.79 Å². The van der Waals surface area contributed by atoms with Gasteiger partial charge in [0.05, 0.1) is 13.7 Å². The Hall–Kier alpha value is -3.32. The molecule has 8 heteroatoms. The third-order valence-electron chi connectivity index (χ3n) is 3.64. The summed E-state index contributed by atoms with van der Waals surface area (Å²) in [5, 5.41) is 0.510. The Morgan fingerprint density at radius 2 is 2.04 bits per heavy atom. The number of carbonyl (C=O) groups excluding carboxylic acids is 2. The molecule has 0 atom stereocenters. The van der Waals surface area contributed by atoms with Crippen LogP contribution in [-0.2, 0) is 14.3 Å². The number of hydrogen-bond acceptors (Lipinski definition) is 7. The van der Waals surface area contributed by atoms with E-state index >= 15 is 0 Å². The van der Waals surface area contributed by atoms with Gasteiger partial charge in [-0.05, 0) is 48.9 Å². The fourth-order valence-corrected chi connectivity index (χ4v) is 2.60. The van der Waals surface area contributed by atoms with Gasteiger partial charge in [0.25, 0.3) is 0 Å². The molecular weight excluding hydrogens is 386 g/mol. The van der Waals surface area contributed by atoms with Crippen molar-refractivity contribution in [2.45, 2.75) is 6.92 Å². The molecule has 0 saturated heterocycles. The number of methoxy groups -OCH3 is 1. The fraction of sp³-hybridized carbons (Fsp3) is 0.150. The van der Waals surface area contributed by atoms with Crippen LogP contribution in [0, 0.1) is 0 Å². The number of carbonyl (C=O) groups is 2. The van der Waals surface area contributed by atoms with Gasteiger partial charge in [-0.15, -0.1) is 0 Å². The Morgan fingerprint density at radius 1 is 1.21 bits per heavy atom. The number of nitrogens with zero attached hydrogens (tertiary/aromatic N) is 1. The molecule has 0 amide bonds. The lowest BCUT2D eigenvalue weighted by atomic mass is 10.1. The molecule has 28 heavy (non-hydrogen) atoms. The van der Waals surface area contributed by atoms with Gasteiger partial charge in [0.1, 0.15) is 0 Å². The van der Waals surface area contributed by atoms with E-state index in [0.717, 1.165) is 0 Å². The normalized spacial score (nSPS) is 14.5. The standard InChI is InChI=1S/C20H16ClNO6/c1-3-26-20(24)27-16-8-7-12(10-17(16)25-2)9-15-19(23)28-18(22-15)13-5-4-6-14(21)11-13/h4-11H,3H2,1-2H3/b15-9+. The summed E-state index contributed by atoms with van der Waals surface area (Å²) in [7, 11) is 1.43. The van der Waals surface area contributed by atoms with Crippen LogP contribution in [0.15, 0.2) is 53.2 Å². The number of halogens is 1.